The zero-order valence-electron chi connectivity index (χ0n) is 10.3. The van der Waals surface area contributed by atoms with Crippen LogP contribution >= 0.6 is 11.6 Å². The standard InChI is InChI=1S/C14H18ClNO2/c15-12-9-11(6-7-13(12)17)16-14(18)8-5-10-3-1-2-4-10/h6-7,9-10,17H,1-5,8H2,(H,16,18). The lowest BCUT2D eigenvalue weighted by atomic mass is 10.0. The van der Waals surface area contributed by atoms with E-state index in [1.165, 1.54) is 31.7 Å². The van der Waals surface area contributed by atoms with Gasteiger partial charge in [-0.05, 0) is 30.5 Å². The van der Waals surface area contributed by atoms with Crippen LogP contribution in [0.2, 0.25) is 5.02 Å². The number of carbonyl (C=O) groups excluding carboxylic acids is 1. The molecule has 0 saturated heterocycles. The molecule has 0 spiro atoms. The lowest BCUT2D eigenvalue weighted by Gasteiger charge is -2.09. The molecule has 1 aromatic rings. The van der Waals surface area contributed by atoms with Crippen LogP contribution in [0.4, 0.5) is 5.69 Å². The number of carbonyl (C=O) groups is 1. The minimum absolute atomic E-state index is 0.0173. The van der Waals surface area contributed by atoms with Crippen LogP contribution < -0.4 is 5.32 Å². The number of aromatic hydroxyl groups is 1. The molecule has 1 aromatic carbocycles. The maximum Gasteiger partial charge on any atom is 0.224 e. The molecule has 0 heterocycles. The molecule has 1 saturated carbocycles. The third kappa shape index (κ3) is 3.64. The first-order valence-corrected chi connectivity index (χ1v) is 6.81. The second-order valence-electron chi connectivity index (χ2n) is 4.90. The highest BCUT2D eigenvalue weighted by atomic mass is 35.5. The smallest absolute Gasteiger partial charge is 0.224 e. The molecule has 3 nitrogen and oxygen atoms in total. The van der Waals surface area contributed by atoms with Crippen LogP contribution in [0.5, 0.6) is 5.75 Å². The number of phenolic OH excluding ortho intramolecular Hbond substituents is 1. The number of nitrogens with one attached hydrogen (secondary N) is 1. The normalized spacial score (nSPS) is 15.8. The summed E-state index contributed by atoms with van der Waals surface area (Å²) >= 11 is 5.78. The van der Waals surface area contributed by atoms with E-state index in [0.717, 1.165) is 12.3 Å². The molecule has 0 aliphatic heterocycles. The summed E-state index contributed by atoms with van der Waals surface area (Å²) in [6.07, 6.45) is 6.66. The lowest BCUT2D eigenvalue weighted by Crippen LogP contribution is -2.12. The summed E-state index contributed by atoms with van der Waals surface area (Å²) in [5.41, 5.74) is 0.634. The van der Waals surface area contributed by atoms with Crippen molar-refractivity contribution < 1.29 is 9.90 Å². The van der Waals surface area contributed by atoms with E-state index >= 15 is 0 Å². The number of hydrogen-bond donors (Lipinski definition) is 2. The molecule has 0 atom stereocenters. The zero-order chi connectivity index (χ0) is 13.0. The summed E-state index contributed by atoms with van der Waals surface area (Å²) in [5.74, 6) is 0.767. The van der Waals surface area contributed by atoms with Crippen molar-refractivity contribution >= 4 is 23.2 Å². The van der Waals surface area contributed by atoms with Gasteiger partial charge < -0.3 is 10.4 Å². The lowest BCUT2D eigenvalue weighted by molar-refractivity contribution is -0.116. The number of phenols is 1. The molecule has 1 aliphatic rings. The molecule has 0 aromatic heterocycles. The topological polar surface area (TPSA) is 49.3 Å². The van der Waals surface area contributed by atoms with Gasteiger partial charge >= 0.3 is 0 Å². The van der Waals surface area contributed by atoms with E-state index in [1.54, 1.807) is 12.1 Å². The fraction of sp³-hybridized carbons (Fsp3) is 0.500. The van der Waals surface area contributed by atoms with Crippen LogP contribution in [0.25, 0.3) is 0 Å². The van der Waals surface area contributed by atoms with Gasteiger partial charge in [-0.15, -0.1) is 0 Å². The van der Waals surface area contributed by atoms with Crippen LogP contribution in [0.1, 0.15) is 38.5 Å². The second-order valence-corrected chi connectivity index (χ2v) is 5.31. The van der Waals surface area contributed by atoms with Crippen molar-refractivity contribution in [1.82, 2.24) is 0 Å². The molecule has 98 valence electrons. The Balaban J connectivity index is 1.80. The fourth-order valence-corrected chi connectivity index (χ4v) is 2.62. The minimum Gasteiger partial charge on any atom is -0.506 e. The van der Waals surface area contributed by atoms with Gasteiger partial charge in [-0.1, -0.05) is 37.3 Å². The summed E-state index contributed by atoms with van der Waals surface area (Å²) in [5, 5.41) is 12.3. The molecule has 1 amide bonds. The zero-order valence-corrected chi connectivity index (χ0v) is 11.0. The third-order valence-electron chi connectivity index (χ3n) is 3.49. The van der Waals surface area contributed by atoms with Crippen molar-refractivity contribution in [3.05, 3.63) is 23.2 Å². The molecule has 0 radical (unpaired) electrons. The summed E-state index contributed by atoms with van der Waals surface area (Å²) < 4.78 is 0. The van der Waals surface area contributed by atoms with Gasteiger partial charge in [0.1, 0.15) is 5.75 Å². The molecule has 4 heteroatoms. The Morgan fingerprint density at radius 3 is 2.78 bits per heavy atom. The average Bonchev–Trinajstić information content (AvgIpc) is 2.84. The van der Waals surface area contributed by atoms with Gasteiger partial charge in [0.2, 0.25) is 5.91 Å². The first-order valence-electron chi connectivity index (χ1n) is 6.43. The van der Waals surface area contributed by atoms with Crippen molar-refractivity contribution in [3.63, 3.8) is 0 Å². The van der Waals surface area contributed by atoms with Crippen LogP contribution in [0.15, 0.2) is 18.2 Å². The summed E-state index contributed by atoms with van der Waals surface area (Å²) in [6.45, 7) is 0. The number of benzene rings is 1. The predicted molar refractivity (Wildman–Crippen MR) is 72.9 cm³/mol. The van der Waals surface area contributed by atoms with Gasteiger partial charge in [-0.25, -0.2) is 0 Å². The van der Waals surface area contributed by atoms with Crippen molar-refractivity contribution in [2.24, 2.45) is 5.92 Å². The monoisotopic (exact) mass is 267 g/mol. The van der Waals surface area contributed by atoms with Gasteiger partial charge in [0.05, 0.1) is 5.02 Å². The first-order chi connectivity index (χ1) is 8.65. The minimum atomic E-state index is 0.0173. The Labute approximate surface area is 112 Å². The maximum atomic E-state index is 11.7. The molecule has 1 fully saturated rings. The Morgan fingerprint density at radius 1 is 1.39 bits per heavy atom. The molecule has 2 rings (SSSR count). The fourth-order valence-electron chi connectivity index (χ4n) is 2.44. The highest BCUT2D eigenvalue weighted by Gasteiger charge is 2.16. The van der Waals surface area contributed by atoms with Gasteiger partial charge in [-0.3, -0.25) is 4.79 Å². The third-order valence-corrected chi connectivity index (χ3v) is 3.79. The Hall–Kier alpha value is -1.22. The van der Waals surface area contributed by atoms with Crippen molar-refractivity contribution in [3.8, 4) is 5.75 Å². The van der Waals surface area contributed by atoms with E-state index in [-0.39, 0.29) is 16.7 Å². The van der Waals surface area contributed by atoms with Gasteiger partial charge in [0.25, 0.3) is 0 Å². The highest BCUT2D eigenvalue weighted by molar-refractivity contribution is 6.32. The maximum absolute atomic E-state index is 11.7. The number of hydrogen-bond acceptors (Lipinski definition) is 2. The van der Waals surface area contributed by atoms with E-state index in [1.807, 2.05) is 0 Å². The number of anilines is 1. The highest BCUT2D eigenvalue weighted by Crippen LogP contribution is 2.29. The van der Waals surface area contributed by atoms with E-state index in [4.69, 9.17) is 11.6 Å². The largest absolute Gasteiger partial charge is 0.506 e. The van der Waals surface area contributed by atoms with Crippen molar-refractivity contribution in [2.45, 2.75) is 38.5 Å². The van der Waals surface area contributed by atoms with E-state index in [2.05, 4.69) is 5.32 Å². The van der Waals surface area contributed by atoms with Crippen LogP contribution in [0.3, 0.4) is 0 Å². The van der Waals surface area contributed by atoms with Crippen LogP contribution in [-0.2, 0) is 4.79 Å². The molecule has 18 heavy (non-hydrogen) atoms. The Bertz CT molecular complexity index is 428. The Kier molecular flexibility index (Phi) is 4.48. The van der Waals surface area contributed by atoms with E-state index in [0.29, 0.717) is 12.1 Å². The predicted octanol–water partition coefficient (Wildman–Crippen LogP) is 3.95. The molecule has 2 N–H and O–H groups in total. The SMILES string of the molecule is O=C(CCC1CCCC1)Nc1ccc(O)c(Cl)c1. The summed E-state index contributed by atoms with van der Waals surface area (Å²) in [6, 6.07) is 4.69. The Morgan fingerprint density at radius 2 is 2.11 bits per heavy atom. The molecular formula is C14H18ClNO2. The first kappa shape index (κ1) is 13.2. The molecule has 0 bridgehead atoms. The number of rotatable bonds is 4. The molecule has 1 aliphatic carbocycles. The summed E-state index contributed by atoms with van der Waals surface area (Å²) in [7, 11) is 0. The number of amides is 1. The van der Waals surface area contributed by atoms with Gasteiger partial charge in [0, 0.05) is 12.1 Å². The second kappa shape index (κ2) is 6.10. The molecule has 0 unspecified atom stereocenters. The summed E-state index contributed by atoms with van der Waals surface area (Å²) in [4.78, 5) is 11.7. The van der Waals surface area contributed by atoms with Crippen LogP contribution in [-0.4, -0.2) is 11.0 Å². The average molecular weight is 268 g/mol. The quantitative estimate of drug-likeness (QED) is 0.812. The van der Waals surface area contributed by atoms with E-state index < -0.39 is 0 Å². The number of halogens is 1. The van der Waals surface area contributed by atoms with E-state index in [9.17, 15) is 9.90 Å². The van der Waals surface area contributed by atoms with Crippen molar-refractivity contribution in [2.75, 3.05) is 5.32 Å². The van der Waals surface area contributed by atoms with Crippen LogP contribution in [0, 0.1) is 5.92 Å². The van der Waals surface area contributed by atoms with Gasteiger partial charge in [-0.2, -0.15) is 0 Å². The van der Waals surface area contributed by atoms with Crippen molar-refractivity contribution in [1.29, 1.82) is 0 Å². The molecular weight excluding hydrogens is 250 g/mol. The van der Waals surface area contributed by atoms with Gasteiger partial charge in [0.15, 0.2) is 0 Å².